The fourth-order valence-electron chi connectivity index (χ4n) is 4.45. The lowest BCUT2D eigenvalue weighted by Gasteiger charge is -2.16. The Labute approximate surface area is 207 Å². The van der Waals surface area contributed by atoms with E-state index in [4.69, 9.17) is 9.72 Å². The Balaban J connectivity index is 1.38. The molecule has 2 aromatic carbocycles. The molecule has 0 saturated heterocycles. The van der Waals surface area contributed by atoms with Gasteiger partial charge in [0.15, 0.2) is 5.69 Å². The average molecular weight is 486 g/mol. The lowest BCUT2D eigenvalue weighted by atomic mass is 10.1. The molecular weight excluding hydrogens is 458 g/mol. The molecule has 0 unspecified atom stereocenters. The van der Waals surface area contributed by atoms with Crippen molar-refractivity contribution in [2.75, 3.05) is 11.9 Å². The van der Waals surface area contributed by atoms with Crippen molar-refractivity contribution in [3.63, 3.8) is 0 Å². The minimum Gasteiger partial charge on any atom is -0.461 e. The van der Waals surface area contributed by atoms with Gasteiger partial charge in [-0.05, 0) is 62.2 Å². The largest absolute Gasteiger partial charge is 0.461 e. The number of aromatic nitrogens is 4. The molecule has 9 heteroatoms. The standard InChI is InChI=1S/C27H27N5O4/c1-2-36-27(35)22-13-15-32(30-22)20-9-7-8-19(17-20)28-25(33)18-11-12-21-23(16-18)29-24-10-5-3-4-6-14-31(24)26(21)34/h7-9,11-13,15-17H,2-6,10,14H2,1H3,(H,28,33). The number of rotatable bonds is 5. The minimum atomic E-state index is -0.488. The second-order valence-corrected chi connectivity index (χ2v) is 8.75. The fourth-order valence-corrected chi connectivity index (χ4v) is 4.45. The number of hydrogen-bond donors (Lipinski definition) is 1. The molecule has 0 spiro atoms. The van der Waals surface area contributed by atoms with Crippen LogP contribution in [0.15, 0.2) is 59.5 Å². The van der Waals surface area contributed by atoms with E-state index >= 15 is 0 Å². The number of benzene rings is 2. The summed E-state index contributed by atoms with van der Waals surface area (Å²) in [5.41, 5.74) is 2.36. The molecule has 2 aromatic heterocycles. The van der Waals surface area contributed by atoms with Crippen LogP contribution in [0.1, 0.15) is 59.3 Å². The first-order chi connectivity index (χ1) is 17.5. The quantitative estimate of drug-likeness (QED) is 0.426. The monoisotopic (exact) mass is 485 g/mol. The molecule has 1 amide bonds. The number of amides is 1. The van der Waals surface area contributed by atoms with E-state index in [1.165, 1.54) is 0 Å². The minimum absolute atomic E-state index is 0.0435. The Morgan fingerprint density at radius 1 is 1.06 bits per heavy atom. The second kappa shape index (κ2) is 10.2. The van der Waals surface area contributed by atoms with Gasteiger partial charge < -0.3 is 10.1 Å². The van der Waals surface area contributed by atoms with Crippen LogP contribution in [-0.2, 0) is 17.7 Å². The van der Waals surface area contributed by atoms with Crippen LogP contribution in [0, 0.1) is 0 Å². The van der Waals surface area contributed by atoms with E-state index < -0.39 is 5.97 Å². The van der Waals surface area contributed by atoms with Crippen LogP contribution in [-0.4, -0.2) is 37.8 Å². The molecule has 0 fully saturated rings. The topological polar surface area (TPSA) is 108 Å². The number of carbonyl (C=O) groups is 2. The normalized spacial score (nSPS) is 13.5. The van der Waals surface area contributed by atoms with Crippen LogP contribution in [0.4, 0.5) is 5.69 Å². The van der Waals surface area contributed by atoms with Crippen LogP contribution in [0.5, 0.6) is 0 Å². The first-order valence-electron chi connectivity index (χ1n) is 12.2. The highest BCUT2D eigenvalue weighted by Gasteiger charge is 2.16. The van der Waals surface area contributed by atoms with Crippen molar-refractivity contribution in [2.45, 2.75) is 45.6 Å². The first kappa shape index (κ1) is 23.5. The van der Waals surface area contributed by atoms with E-state index in [0.717, 1.165) is 37.9 Å². The molecule has 184 valence electrons. The van der Waals surface area contributed by atoms with Crippen molar-refractivity contribution in [3.8, 4) is 5.69 Å². The molecule has 0 radical (unpaired) electrons. The van der Waals surface area contributed by atoms with Gasteiger partial charge in [0.2, 0.25) is 0 Å². The summed E-state index contributed by atoms with van der Waals surface area (Å²) in [7, 11) is 0. The summed E-state index contributed by atoms with van der Waals surface area (Å²) >= 11 is 0. The first-order valence-corrected chi connectivity index (χ1v) is 12.2. The van der Waals surface area contributed by atoms with Gasteiger partial charge in [0.25, 0.3) is 11.5 Å². The van der Waals surface area contributed by atoms with Crippen LogP contribution in [0.3, 0.4) is 0 Å². The summed E-state index contributed by atoms with van der Waals surface area (Å²) in [4.78, 5) is 42.7. The average Bonchev–Trinajstić information content (AvgIpc) is 3.36. The highest BCUT2D eigenvalue weighted by molar-refractivity contribution is 6.06. The highest BCUT2D eigenvalue weighted by atomic mass is 16.5. The zero-order valence-corrected chi connectivity index (χ0v) is 20.1. The number of nitrogens with one attached hydrogen (secondary N) is 1. The highest BCUT2D eigenvalue weighted by Crippen LogP contribution is 2.19. The Kier molecular flexibility index (Phi) is 6.62. The lowest BCUT2D eigenvalue weighted by molar-refractivity contribution is 0.0519. The molecule has 36 heavy (non-hydrogen) atoms. The molecule has 5 rings (SSSR count). The molecule has 1 aliphatic heterocycles. The van der Waals surface area contributed by atoms with Crippen molar-refractivity contribution in [3.05, 3.63) is 82.2 Å². The van der Waals surface area contributed by atoms with Crippen LogP contribution in [0.2, 0.25) is 0 Å². The van der Waals surface area contributed by atoms with Crippen molar-refractivity contribution in [2.24, 2.45) is 0 Å². The maximum Gasteiger partial charge on any atom is 0.358 e. The molecule has 9 nitrogen and oxygen atoms in total. The Hall–Kier alpha value is -4.27. The van der Waals surface area contributed by atoms with E-state index in [9.17, 15) is 14.4 Å². The zero-order valence-electron chi connectivity index (χ0n) is 20.1. The summed E-state index contributed by atoms with van der Waals surface area (Å²) < 4.78 is 8.32. The van der Waals surface area contributed by atoms with E-state index in [0.29, 0.717) is 34.4 Å². The molecular formula is C27H27N5O4. The summed E-state index contributed by atoms with van der Waals surface area (Å²) in [6, 6.07) is 13.7. The summed E-state index contributed by atoms with van der Waals surface area (Å²) in [6.07, 6.45) is 6.66. The van der Waals surface area contributed by atoms with E-state index in [2.05, 4.69) is 10.4 Å². The SMILES string of the molecule is CCOC(=O)c1ccn(-c2cccc(NC(=O)c3ccc4c(=O)n5c(nc4c3)CCCCCC5)c2)n1. The fraction of sp³-hybridized carbons (Fsp3) is 0.296. The third kappa shape index (κ3) is 4.77. The third-order valence-corrected chi connectivity index (χ3v) is 6.27. The number of nitrogens with zero attached hydrogens (tertiary/aromatic N) is 4. The molecule has 0 bridgehead atoms. The number of hydrogen-bond acceptors (Lipinski definition) is 6. The number of ether oxygens (including phenoxy) is 1. The Bertz CT molecular complexity index is 1500. The van der Waals surface area contributed by atoms with Gasteiger partial charge in [0, 0.05) is 30.4 Å². The van der Waals surface area contributed by atoms with Gasteiger partial charge in [-0.3, -0.25) is 14.2 Å². The van der Waals surface area contributed by atoms with Crippen LogP contribution < -0.4 is 10.9 Å². The maximum absolute atomic E-state index is 13.0. The number of fused-ring (bicyclic) bond motifs is 2. The predicted octanol–water partition coefficient (Wildman–Crippen LogP) is 4.13. The van der Waals surface area contributed by atoms with Gasteiger partial charge in [-0.15, -0.1) is 0 Å². The van der Waals surface area contributed by atoms with Crippen molar-refractivity contribution >= 4 is 28.5 Å². The smallest absolute Gasteiger partial charge is 0.358 e. The number of aryl methyl sites for hydroxylation is 1. The van der Waals surface area contributed by atoms with Gasteiger partial charge in [-0.25, -0.2) is 14.5 Å². The Morgan fingerprint density at radius 3 is 2.78 bits per heavy atom. The second-order valence-electron chi connectivity index (χ2n) is 8.75. The van der Waals surface area contributed by atoms with Gasteiger partial charge >= 0.3 is 5.97 Å². The predicted molar refractivity (Wildman–Crippen MR) is 136 cm³/mol. The molecule has 3 heterocycles. The number of anilines is 1. The van der Waals surface area contributed by atoms with Gasteiger partial charge in [-0.2, -0.15) is 5.10 Å². The lowest BCUT2D eigenvalue weighted by Crippen LogP contribution is -2.26. The molecule has 0 saturated carbocycles. The van der Waals surface area contributed by atoms with Crippen molar-refractivity contribution in [1.29, 1.82) is 0 Å². The summed E-state index contributed by atoms with van der Waals surface area (Å²) in [5.74, 6) is -0.00746. The molecule has 1 aliphatic rings. The molecule has 4 aromatic rings. The van der Waals surface area contributed by atoms with E-state index in [-0.39, 0.29) is 23.8 Å². The molecule has 0 atom stereocenters. The van der Waals surface area contributed by atoms with Crippen molar-refractivity contribution in [1.82, 2.24) is 19.3 Å². The van der Waals surface area contributed by atoms with Gasteiger partial charge in [-0.1, -0.05) is 18.9 Å². The van der Waals surface area contributed by atoms with Crippen LogP contribution in [0.25, 0.3) is 16.6 Å². The third-order valence-electron chi connectivity index (χ3n) is 6.27. The zero-order chi connectivity index (χ0) is 25.1. The number of esters is 1. The summed E-state index contributed by atoms with van der Waals surface area (Å²) in [6.45, 7) is 2.70. The molecule has 0 aliphatic carbocycles. The van der Waals surface area contributed by atoms with Crippen molar-refractivity contribution < 1.29 is 14.3 Å². The van der Waals surface area contributed by atoms with E-state index in [1.807, 2.05) is 6.07 Å². The maximum atomic E-state index is 13.0. The summed E-state index contributed by atoms with van der Waals surface area (Å²) in [5, 5.41) is 7.67. The number of carbonyl (C=O) groups excluding carboxylic acids is 2. The van der Waals surface area contributed by atoms with Crippen LogP contribution >= 0.6 is 0 Å². The van der Waals surface area contributed by atoms with Gasteiger partial charge in [0.05, 0.1) is 23.2 Å². The molecule has 1 N–H and O–H groups in total. The van der Waals surface area contributed by atoms with Gasteiger partial charge in [0.1, 0.15) is 5.82 Å². The van der Waals surface area contributed by atoms with E-state index in [1.54, 1.807) is 64.8 Å². The Morgan fingerprint density at radius 2 is 1.92 bits per heavy atom.